The lowest BCUT2D eigenvalue weighted by Gasteiger charge is -1.97. The zero-order valence-corrected chi connectivity index (χ0v) is 5.69. The third kappa shape index (κ3) is 5.44. The Bertz CT molecular complexity index is 132. The topological polar surface area (TPSA) is 26.0 Å². The van der Waals surface area contributed by atoms with E-state index in [9.17, 15) is 8.78 Å². The molecule has 0 aliphatic carbocycles. The van der Waals surface area contributed by atoms with Crippen LogP contribution in [0.4, 0.5) is 8.78 Å². The van der Waals surface area contributed by atoms with Crippen LogP contribution in [0.1, 0.15) is 6.42 Å². The fourth-order valence-electron chi connectivity index (χ4n) is 0.440. The number of nitrogens with two attached hydrogens (primary N) is 1. The van der Waals surface area contributed by atoms with Crippen LogP contribution >= 0.6 is 0 Å². The van der Waals surface area contributed by atoms with Gasteiger partial charge in [-0.1, -0.05) is 12.7 Å². The smallest absolute Gasteiger partial charge is 0.116 e. The molecule has 0 saturated heterocycles. The molecule has 0 fully saturated rings. The van der Waals surface area contributed by atoms with Gasteiger partial charge in [0.25, 0.3) is 0 Å². The van der Waals surface area contributed by atoms with Crippen molar-refractivity contribution < 1.29 is 8.78 Å². The summed E-state index contributed by atoms with van der Waals surface area (Å²) in [4.78, 5) is 0. The van der Waals surface area contributed by atoms with E-state index >= 15 is 0 Å². The minimum Gasteiger partial charge on any atom is -0.328 e. The fourth-order valence-corrected chi connectivity index (χ4v) is 0.440. The van der Waals surface area contributed by atoms with E-state index in [1.165, 1.54) is 6.08 Å². The average molecular weight is 147 g/mol. The Morgan fingerprint density at radius 3 is 2.70 bits per heavy atom. The van der Waals surface area contributed by atoms with Crippen LogP contribution in [-0.2, 0) is 0 Å². The van der Waals surface area contributed by atoms with Crippen molar-refractivity contribution in [2.75, 3.05) is 6.54 Å². The first-order valence-electron chi connectivity index (χ1n) is 3.02. The number of hydrogen-bond donors (Lipinski definition) is 1. The summed E-state index contributed by atoms with van der Waals surface area (Å²) in [5.41, 5.74) is 4.96. The van der Waals surface area contributed by atoms with E-state index < -0.39 is 12.0 Å². The summed E-state index contributed by atoms with van der Waals surface area (Å²) in [7, 11) is 0. The van der Waals surface area contributed by atoms with Gasteiger partial charge in [0.15, 0.2) is 0 Å². The molecule has 0 aromatic heterocycles. The van der Waals surface area contributed by atoms with E-state index in [0.29, 0.717) is 0 Å². The highest BCUT2D eigenvalue weighted by Gasteiger charge is 1.97. The largest absolute Gasteiger partial charge is 0.328 e. The van der Waals surface area contributed by atoms with Gasteiger partial charge in [0.2, 0.25) is 0 Å². The van der Waals surface area contributed by atoms with Crippen molar-refractivity contribution in [1.29, 1.82) is 0 Å². The molecular formula is C7H11F2N. The molecule has 2 N–H and O–H groups in total. The van der Waals surface area contributed by atoms with Gasteiger partial charge < -0.3 is 5.73 Å². The maximum absolute atomic E-state index is 12.3. The van der Waals surface area contributed by atoms with Crippen molar-refractivity contribution >= 4 is 0 Å². The zero-order chi connectivity index (χ0) is 7.98. The van der Waals surface area contributed by atoms with E-state index in [1.807, 2.05) is 0 Å². The molecule has 0 aromatic carbocycles. The third-order valence-corrected chi connectivity index (χ3v) is 0.946. The average Bonchev–Trinajstić information content (AvgIpc) is 1.87. The molecule has 0 bridgehead atoms. The molecule has 0 aliphatic heterocycles. The normalized spacial score (nSPS) is 13.9. The standard InChI is InChI=1S/C7H11F2N/c1-6(8)3-2-4-7(9)5-10/h2-3,7H,1,4-5,10H2/b3-2-. The van der Waals surface area contributed by atoms with Gasteiger partial charge in [0, 0.05) is 6.54 Å². The molecule has 58 valence electrons. The maximum atomic E-state index is 12.3. The number of hydrogen-bond acceptors (Lipinski definition) is 1. The van der Waals surface area contributed by atoms with Gasteiger partial charge >= 0.3 is 0 Å². The highest BCUT2D eigenvalue weighted by atomic mass is 19.1. The second kappa shape index (κ2) is 5.11. The van der Waals surface area contributed by atoms with Crippen molar-refractivity contribution in [3.05, 3.63) is 24.6 Å². The highest BCUT2D eigenvalue weighted by molar-refractivity contribution is 5.05. The molecule has 0 saturated carbocycles. The predicted octanol–water partition coefficient (Wildman–Crippen LogP) is 1.71. The third-order valence-electron chi connectivity index (χ3n) is 0.946. The van der Waals surface area contributed by atoms with Crippen LogP contribution < -0.4 is 5.73 Å². The first kappa shape index (κ1) is 9.30. The second-order valence-corrected chi connectivity index (χ2v) is 1.92. The quantitative estimate of drug-likeness (QED) is 0.602. The van der Waals surface area contributed by atoms with Gasteiger partial charge in [-0.3, -0.25) is 0 Å². The SMILES string of the molecule is C=C(F)/C=C\CC(F)CN. The van der Waals surface area contributed by atoms with Crippen LogP contribution in [0.15, 0.2) is 24.6 Å². The molecule has 1 atom stereocenters. The van der Waals surface area contributed by atoms with Crippen molar-refractivity contribution in [3.8, 4) is 0 Å². The summed E-state index contributed by atoms with van der Waals surface area (Å²) in [5, 5.41) is 0. The van der Waals surface area contributed by atoms with E-state index in [4.69, 9.17) is 5.73 Å². The maximum Gasteiger partial charge on any atom is 0.116 e. The molecule has 3 heteroatoms. The highest BCUT2D eigenvalue weighted by Crippen LogP contribution is 1.99. The van der Waals surface area contributed by atoms with Crippen LogP contribution in [0, 0.1) is 0 Å². The monoisotopic (exact) mass is 147 g/mol. The number of alkyl halides is 1. The van der Waals surface area contributed by atoms with Crippen LogP contribution in [0.25, 0.3) is 0 Å². The minimum atomic E-state index is -1.07. The zero-order valence-electron chi connectivity index (χ0n) is 5.69. The van der Waals surface area contributed by atoms with Crippen LogP contribution in [0.2, 0.25) is 0 Å². The van der Waals surface area contributed by atoms with Crippen LogP contribution in [-0.4, -0.2) is 12.7 Å². The van der Waals surface area contributed by atoms with E-state index in [-0.39, 0.29) is 13.0 Å². The molecule has 1 unspecified atom stereocenters. The van der Waals surface area contributed by atoms with Crippen molar-refractivity contribution in [2.24, 2.45) is 5.73 Å². The Balaban J connectivity index is 3.43. The van der Waals surface area contributed by atoms with Crippen molar-refractivity contribution in [1.82, 2.24) is 0 Å². The van der Waals surface area contributed by atoms with Gasteiger partial charge in [-0.25, -0.2) is 8.78 Å². The number of rotatable bonds is 4. The molecule has 1 nitrogen and oxygen atoms in total. The van der Waals surface area contributed by atoms with Gasteiger partial charge in [-0.05, 0) is 12.5 Å². The Morgan fingerprint density at radius 2 is 2.30 bits per heavy atom. The Morgan fingerprint density at radius 1 is 1.70 bits per heavy atom. The molecule has 10 heavy (non-hydrogen) atoms. The molecule has 0 rings (SSSR count). The molecule has 0 aliphatic rings. The Labute approximate surface area is 59.2 Å². The minimum absolute atomic E-state index is 0.0247. The molecular weight excluding hydrogens is 136 g/mol. The van der Waals surface area contributed by atoms with Crippen molar-refractivity contribution in [3.63, 3.8) is 0 Å². The summed E-state index contributed by atoms with van der Waals surface area (Å²) in [6.45, 7) is 2.95. The number of allylic oxidation sites excluding steroid dienone is 3. The van der Waals surface area contributed by atoms with Crippen LogP contribution in [0.3, 0.4) is 0 Å². The van der Waals surface area contributed by atoms with Gasteiger partial charge in [0.1, 0.15) is 12.0 Å². The Kier molecular flexibility index (Phi) is 4.76. The summed E-state index contributed by atoms with van der Waals surface area (Å²) < 4.78 is 24.1. The van der Waals surface area contributed by atoms with E-state index in [2.05, 4.69) is 6.58 Å². The summed E-state index contributed by atoms with van der Waals surface area (Å²) >= 11 is 0. The van der Waals surface area contributed by atoms with Gasteiger partial charge in [-0.2, -0.15) is 0 Å². The molecule has 0 radical (unpaired) electrons. The fraction of sp³-hybridized carbons (Fsp3) is 0.429. The first-order valence-corrected chi connectivity index (χ1v) is 3.02. The predicted molar refractivity (Wildman–Crippen MR) is 38.0 cm³/mol. The lowest BCUT2D eigenvalue weighted by atomic mass is 10.2. The Hall–Kier alpha value is -0.700. The number of halogens is 2. The van der Waals surface area contributed by atoms with Gasteiger partial charge in [0.05, 0.1) is 0 Å². The molecule has 0 amide bonds. The van der Waals surface area contributed by atoms with Gasteiger partial charge in [-0.15, -0.1) is 0 Å². The second-order valence-electron chi connectivity index (χ2n) is 1.92. The van der Waals surface area contributed by atoms with E-state index in [0.717, 1.165) is 6.08 Å². The lowest BCUT2D eigenvalue weighted by molar-refractivity contribution is 0.345. The van der Waals surface area contributed by atoms with E-state index in [1.54, 1.807) is 0 Å². The summed E-state index contributed by atoms with van der Waals surface area (Å²) in [5.74, 6) is -0.566. The lowest BCUT2D eigenvalue weighted by Crippen LogP contribution is -2.13. The van der Waals surface area contributed by atoms with Crippen LogP contribution in [0.5, 0.6) is 0 Å². The van der Waals surface area contributed by atoms with Crippen molar-refractivity contribution in [2.45, 2.75) is 12.6 Å². The molecule has 0 aromatic rings. The molecule has 0 heterocycles. The first-order chi connectivity index (χ1) is 4.66. The summed E-state index contributed by atoms with van der Waals surface area (Å²) in [6.07, 6.45) is 1.58. The molecule has 0 spiro atoms. The summed E-state index contributed by atoms with van der Waals surface area (Å²) in [6, 6.07) is 0.